The van der Waals surface area contributed by atoms with Gasteiger partial charge in [0.05, 0.1) is 0 Å². The first-order valence-electron chi connectivity index (χ1n) is 6.56. The van der Waals surface area contributed by atoms with E-state index in [0.29, 0.717) is 5.92 Å². The largest absolute Gasteiger partial charge is 0.330 e. The van der Waals surface area contributed by atoms with Gasteiger partial charge in [0.2, 0.25) is 0 Å². The number of nitrogens with two attached hydrogens (primary N) is 1. The van der Waals surface area contributed by atoms with E-state index < -0.39 is 0 Å². The van der Waals surface area contributed by atoms with E-state index >= 15 is 0 Å². The van der Waals surface area contributed by atoms with Crippen LogP contribution in [0.3, 0.4) is 0 Å². The van der Waals surface area contributed by atoms with Crippen molar-refractivity contribution in [3.8, 4) is 0 Å². The lowest BCUT2D eigenvalue weighted by molar-refractivity contribution is 0.448. The molecule has 1 aromatic carbocycles. The highest BCUT2D eigenvalue weighted by Gasteiger charge is 2.20. The van der Waals surface area contributed by atoms with Gasteiger partial charge in [-0.05, 0) is 37.3 Å². The Morgan fingerprint density at radius 1 is 1.31 bits per heavy atom. The number of benzene rings is 1. The molecule has 1 aromatic rings. The predicted molar refractivity (Wildman–Crippen MR) is 69.5 cm³/mol. The smallest absolute Gasteiger partial charge is 0.000813 e. The molecule has 0 saturated heterocycles. The fourth-order valence-corrected chi connectivity index (χ4v) is 2.94. The summed E-state index contributed by atoms with van der Waals surface area (Å²) in [6, 6.07) is 8.85. The number of aryl methyl sites for hydroxylation is 1. The van der Waals surface area contributed by atoms with Crippen LogP contribution in [0.4, 0.5) is 0 Å². The molecular weight excluding hydrogens is 194 g/mol. The number of hydrogen-bond donors (Lipinski definition) is 1. The molecule has 1 unspecified atom stereocenters. The van der Waals surface area contributed by atoms with Gasteiger partial charge in [-0.1, -0.05) is 55.5 Å². The quantitative estimate of drug-likeness (QED) is 0.819. The van der Waals surface area contributed by atoms with Crippen molar-refractivity contribution >= 4 is 0 Å². The molecule has 0 heterocycles. The van der Waals surface area contributed by atoms with Crippen molar-refractivity contribution in [2.75, 3.05) is 6.54 Å². The molecule has 0 aliphatic heterocycles. The molecule has 1 fully saturated rings. The van der Waals surface area contributed by atoms with Crippen molar-refractivity contribution in [1.82, 2.24) is 0 Å². The van der Waals surface area contributed by atoms with E-state index in [1.807, 2.05) is 0 Å². The Labute approximate surface area is 99.0 Å². The zero-order chi connectivity index (χ0) is 11.4. The summed E-state index contributed by atoms with van der Waals surface area (Å²) in [4.78, 5) is 0. The summed E-state index contributed by atoms with van der Waals surface area (Å²) in [5, 5.41) is 0. The number of rotatable bonds is 4. The van der Waals surface area contributed by atoms with Crippen LogP contribution in [-0.2, 0) is 0 Å². The molecule has 0 bridgehead atoms. The molecule has 1 aliphatic carbocycles. The van der Waals surface area contributed by atoms with Gasteiger partial charge < -0.3 is 5.73 Å². The van der Waals surface area contributed by atoms with Gasteiger partial charge in [-0.3, -0.25) is 0 Å². The normalized spacial score (nSPS) is 18.9. The monoisotopic (exact) mass is 217 g/mol. The van der Waals surface area contributed by atoms with Crippen LogP contribution in [-0.4, -0.2) is 6.54 Å². The SMILES string of the molecule is Cc1cccc(C(CN)CC2CCCC2)c1. The maximum absolute atomic E-state index is 5.93. The van der Waals surface area contributed by atoms with E-state index in [1.54, 1.807) is 0 Å². The van der Waals surface area contributed by atoms with Crippen LogP contribution in [0, 0.1) is 12.8 Å². The minimum absolute atomic E-state index is 0.572. The summed E-state index contributed by atoms with van der Waals surface area (Å²) in [5.41, 5.74) is 8.72. The van der Waals surface area contributed by atoms with Crippen molar-refractivity contribution in [1.29, 1.82) is 0 Å². The third kappa shape index (κ3) is 2.85. The average molecular weight is 217 g/mol. The highest BCUT2D eigenvalue weighted by molar-refractivity contribution is 5.25. The Morgan fingerprint density at radius 2 is 2.06 bits per heavy atom. The second-order valence-electron chi connectivity index (χ2n) is 5.23. The van der Waals surface area contributed by atoms with E-state index in [4.69, 9.17) is 5.73 Å². The Balaban J connectivity index is 2.03. The predicted octanol–water partition coefficient (Wildman–Crippen LogP) is 3.62. The van der Waals surface area contributed by atoms with Gasteiger partial charge >= 0.3 is 0 Å². The van der Waals surface area contributed by atoms with Gasteiger partial charge in [0.15, 0.2) is 0 Å². The summed E-state index contributed by atoms with van der Waals surface area (Å²) in [6.45, 7) is 2.95. The highest BCUT2D eigenvalue weighted by Crippen LogP contribution is 2.33. The molecule has 1 aliphatic rings. The third-order valence-electron chi connectivity index (χ3n) is 3.89. The summed E-state index contributed by atoms with van der Waals surface area (Å²) >= 11 is 0. The van der Waals surface area contributed by atoms with Crippen LogP contribution in [0.15, 0.2) is 24.3 Å². The molecule has 16 heavy (non-hydrogen) atoms. The zero-order valence-corrected chi connectivity index (χ0v) is 10.3. The van der Waals surface area contributed by atoms with Crippen molar-refractivity contribution in [2.45, 2.75) is 44.9 Å². The minimum atomic E-state index is 0.572. The summed E-state index contributed by atoms with van der Waals surface area (Å²) in [7, 11) is 0. The minimum Gasteiger partial charge on any atom is -0.330 e. The van der Waals surface area contributed by atoms with E-state index in [-0.39, 0.29) is 0 Å². The van der Waals surface area contributed by atoms with E-state index in [0.717, 1.165) is 12.5 Å². The molecule has 0 spiro atoms. The fourth-order valence-electron chi connectivity index (χ4n) is 2.94. The lowest BCUT2D eigenvalue weighted by atomic mass is 9.87. The molecule has 0 amide bonds. The highest BCUT2D eigenvalue weighted by atomic mass is 14.5. The number of hydrogen-bond acceptors (Lipinski definition) is 1. The Morgan fingerprint density at radius 3 is 2.69 bits per heavy atom. The van der Waals surface area contributed by atoms with Gasteiger partial charge in [-0.15, -0.1) is 0 Å². The molecule has 0 radical (unpaired) electrons. The molecule has 1 saturated carbocycles. The van der Waals surface area contributed by atoms with Gasteiger partial charge in [0.25, 0.3) is 0 Å². The van der Waals surface area contributed by atoms with E-state index in [2.05, 4.69) is 31.2 Å². The van der Waals surface area contributed by atoms with Crippen LogP contribution in [0.2, 0.25) is 0 Å². The standard InChI is InChI=1S/C15H23N/c1-12-5-4-8-14(9-12)15(11-16)10-13-6-2-3-7-13/h4-5,8-9,13,15H,2-3,6-7,10-11,16H2,1H3. The van der Waals surface area contributed by atoms with Gasteiger partial charge in [-0.25, -0.2) is 0 Å². The summed E-state index contributed by atoms with van der Waals surface area (Å²) in [5.74, 6) is 1.50. The Hall–Kier alpha value is -0.820. The first kappa shape index (κ1) is 11.7. The van der Waals surface area contributed by atoms with Crippen LogP contribution in [0.5, 0.6) is 0 Å². The Bertz CT molecular complexity index is 326. The second kappa shape index (κ2) is 5.49. The van der Waals surface area contributed by atoms with Crippen molar-refractivity contribution in [2.24, 2.45) is 11.7 Å². The van der Waals surface area contributed by atoms with Crippen LogP contribution in [0.25, 0.3) is 0 Å². The molecule has 1 heteroatoms. The summed E-state index contributed by atoms with van der Waals surface area (Å²) in [6.07, 6.45) is 6.98. The maximum atomic E-state index is 5.93. The summed E-state index contributed by atoms with van der Waals surface area (Å²) < 4.78 is 0. The fraction of sp³-hybridized carbons (Fsp3) is 0.600. The van der Waals surface area contributed by atoms with E-state index in [1.165, 1.54) is 43.2 Å². The second-order valence-corrected chi connectivity index (χ2v) is 5.23. The molecule has 1 nitrogen and oxygen atoms in total. The molecule has 88 valence electrons. The maximum Gasteiger partial charge on any atom is -0.000813 e. The molecule has 0 aromatic heterocycles. The lowest BCUT2D eigenvalue weighted by Crippen LogP contribution is -2.15. The van der Waals surface area contributed by atoms with Crippen molar-refractivity contribution < 1.29 is 0 Å². The average Bonchev–Trinajstić information content (AvgIpc) is 2.78. The van der Waals surface area contributed by atoms with Crippen molar-refractivity contribution in [3.63, 3.8) is 0 Å². The van der Waals surface area contributed by atoms with Crippen molar-refractivity contribution in [3.05, 3.63) is 35.4 Å². The first-order valence-corrected chi connectivity index (χ1v) is 6.56. The van der Waals surface area contributed by atoms with E-state index in [9.17, 15) is 0 Å². The Kier molecular flexibility index (Phi) is 4.00. The molecule has 1 atom stereocenters. The third-order valence-corrected chi connectivity index (χ3v) is 3.89. The first-order chi connectivity index (χ1) is 7.79. The van der Waals surface area contributed by atoms with Gasteiger partial charge in [-0.2, -0.15) is 0 Å². The molecule has 2 N–H and O–H groups in total. The van der Waals surface area contributed by atoms with Gasteiger partial charge in [0.1, 0.15) is 0 Å². The molecular formula is C15H23N. The van der Waals surface area contributed by atoms with Gasteiger partial charge in [0, 0.05) is 0 Å². The van der Waals surface area contributed by atoms with Crippen LogP contribution in [0.1, 0.15) is 49.1 Å². The zero-order valence-electron chi connectivity index (χ0n) is 10.3. The van der Waals surface area contributed by atoms with Crippen LogP contribution < -0.4 is 5.73 Å². The lowest BCUT2D eigenvalue weighted by Gasteiger charge is -2.19. The molecule has 2 rings (SSSR count). The topological polar surface area (TPSA) is 26.0 Å². The van der Waals surface area contributed by atoms with Crippen LogP contribution >= 0.6 is 0 Å².